The molecule has 0 unspecified atom stereocenters. The number of carbonyl (C=O) groups excluding carboxylic acids is 1. The van der Waals surface area contributed by atoms with Gasteiger partial charge in [-0.15, -0.1) is 0 Å². The van der Waals surface area contributed by atoms with E-state index in [0.29, 0.717) is 52.3 Å². The lowest BCUT2D eigenvalue weighted by atomic mass is 10.1. The van der Waals surface area contributed by atoms with Crippen LogP contribution in [0.5, 0.6) is 5.75 Å². The molecule has 12 heteroatoms. The van der Waals surface area contributed by atoms with E-state index < -0.39 is 0 Å². The number of hydrogen-bond donors (Lipinski definition) is 4. The minimum atomic E-state index is -0.345. The maximum atomic E-state index is 13.5. The molecule has 1 amide bonds. The van der Waals surface area contributed by atoms with Crippen LogP contribution in [-0.2, 0) is 9.53 Å². The summed E-state index contributed by atoms with van der Waals surface area (Å²) in [7, 11) is 2.97. The first kappa shape index (κ1) is 25.5. The lowest BCUT2D eigenvalue weighted by Crippen LogP contribution is -2.39. The van der Waals surface area contributed by atoms with Crippen LogP contribution in [0.1, 0.15) is 6.92 Å². The monoisotopic (exact) mass is 506 g/mol. The molecule has 3 heterocycles. The van der Waals surface area contributed by atoms with Gasteiger partial charge in [-0.2, -0.15) is 0 Å². The Balaban J connectivity index is 1.68. The van der Waals surface area contributed by atoms with Gasteiger partial charge in [0.2, 0.25) is 11.9 Å². The molecule has 11 nitrogen and oxygen atoms in total. The minimum Gasteiger partial charge on any atom is -0.493 e. The van der Waals surface area contributed by atoms with Crippen molar-refractivity contribution in [3.63, 3.8) is 0 Å². The molecule has 4 aromatic rings. The standard InChI is InChI=1S/C25H27FN8O3/c1-14(31-20(35)13-36-2)11-30-25-28-9-8-18(32-25)22-21(16-10-19(37-3)23(27)29-12-16)33-24(34-22)15-4-6-17(26)7-5-15/h4-10,12,14H,11,13H2,1-3H3,(H2,27,29)(H,31,35)(H,33,34)(H,28,30,32)/t14-/m0/s1. The summed E-state index contributed by atoms with van der Waals surface area (Å²) < 4.78 is 23.7. The van der Waals surface area contributed by atoms with Gasteiger partial charge in [0, 0.05) is 43.2 Å². The smallest absolute Gasteiger partial charge is 0.246 e. The van der Waals surface area contributed by atoms with Crippen molar-refractivity contribution >= 4 is 17.7 Å². The molecule has 1 atom stereocenters. The Morgan fingerprint density at radius 1 is 1.14 bits per heavy atom. The van der Waals surface area contributed by atoms with E-state index in [4.69, 9.17) is 20.2 Å². The second-order valence-corrected chi connectivity index (χ2v) is 8.18. The zero-order chi connectivity index (χ0) is 26.4. The van der Waals surface area contributed by atoms with E-state index >= 15 is 0 Å². The number of halogens is 1. The Bertz CT molecular complexity index is 1380. The van der Waals surface area contributed by atoms with Crippen LogP contribution in [0.15, 0.2) is 48.8 Å². The second kappa shape index (κ2) is 11.4. The third-order valence-electron chi connectivity index (χ3n) is 5.36. The molecular weight excluding hydrogens is 479 g/mol. The molecule has 0 aliphatic rings. The Kier molecular flexibility index (Phi) is 7.89. The molecule has 5 N–H and O–H groups in total. The van der Waals surface area contributed by atoms with E-state index in [2.05, 4.69) is 30.6 Å². The SMILES string of the molecule is COCC(=O)N[C@@H](C)CNc1nccc(-c2[nH]c(-c3ccc(F)cc3)nc2-c2cnc(N)c(OC)c2)n1. The quantitative estimate of drug-likeness (QED) is 0.254. The molecule has 0 spiro atoms. The third kappa shape index (κ3) is 6.16. The van der Waals surface area contributed by atoms with Crippen LogP contribution in [-0.4, -0.2) is 64.2 Å². The fourth-order valence-corrected chi connectivity index (χ4v) is 3.59. The van der Waals surface area contributed by atoms with E-state index in [1.807, 2.05) is 6.92 Å². The topological polar surface area (TPSA) is 153 Å². The maximum absolute atomic E-state index is 13.5. The van der Waals surface area contributed by atoms with Crippen LogP contribution in [0.3, 0.4) is 0 Å². The lowest BCUT2D eigenvalue weighted by Gasteiger charge is -2.14. The number of amides is 1. The predicted octanol–water partition coefficient (Wildman–Crippen LogP) is 2.89. The van der Waals surface area contributed by atoms with Crippen molar-refractivity contribution in [1.82, 2.24) is 30.2 Å². The number of benzene rings is 1. The van der Waals surface area contributed by atoms with Crippen molar-refractivity contribution in [3.05, 3.63) is 54.6 Å². The number of aromatic nitrogens is 5. The number of methoxy groups -OCH3 is 2. The first-order chi connectivity index (χ1) is 17.9. The maximum Gasteiger partial charge on any atom is 0.246 e. The Labute approximate surface area is 212 Å². The summed E-state index contributed by atoms with van der Waals surface area (Å²) in [6.07, 6.45) is 3.21. The molecule has 3 aromatic heterocycles. The number of nitrogen functional groups attached to an aromatic ring is 1. The summed E-state index contributed by atoms with van der Waals surface area (Å²) in [6.45, 7) is 2.24. The van der Waals surface area contributed by atoms with Crippen LogP contribution in [0.2, 0.25) is 0 Å². The number of hydrogen-bond acceptors (Lipinski definition) is 9. The van der Waals surface area contributed by atoms with Crippen molar-refractivity contribution < 1.29 is 18.7 Å². The van der Waals surface area contributed by atoms with Gasteiger partial charge in [-0.1, -0.05) is 0 Å². The number of nitrogens with two attached hydrogens (primary N) is 1. The lowest BCUT2D eigenvalue weighted by molar-refractivity contribution is -0.125. The van der Waals surface area contributed by atoms with Gasteiger partial charge in [0.25, 0.3) is 0 Å². The van der Waals surface area contributed by atoms with E-state index in [0.717, 1.165) is 0 Å². The first-order valence-electron chi connectivity index (χ1n) is 11.4. The van der Waals surface area contributed by atoms with Crippen LogP contribution in [0, 0.1) is 5.82 Å². The normalized spacial score (nSPS) is 11.7. The van der Waals surface area contributed by atoms with Crippen molar-refractivity contribution in [1.29, 1.82) is 0 Å². The number of nitrogens with zero attached hydrogens (tertiary/aromatic N) is 4. The molecule has 0 fully saturated rings. The largest absolute Gasteiger partial charge is 0.493 e. The van der Waals surface area contributed by atoms with Crippen molar-refractivity contribution in [2.75, 3.05) is 38.4 Å². The third-order valence-corrected chi connectivity index (χ3v) is 5.36. The zero-order valence-electron chi connectivity index (χ0n) is 20.6. The number of nitrogens with one attached hydrogen (secondary N) is 3. The van der Waals surface area contributed by atoms with Gasteiger partial charge >= 0.3 is 0 Å². The van der Waals surface area contributed by atoms with Crippen LogP contribution in [0.25, 0.3) is 34.0 Å². The summed E-state index contributed by atoms with van der Waals surface area (Å²) in [5.41, 5.74) is 8.94. The van der Waals surface area contributed by atoms with E-state index in [-0.39, 0.29) is 30.2 Å². The number of ether oxygens (including phenoxy) is 2. The molecule has 0 radical (unpaired) electrons. The highest BCUT2D eigenvalue weighted by molar-refractivity contribution is 5.81. The second-order valence-electron chi connectivity index (χ2n) is 8.18. The first-order valence-corrected chi connectivity index (χ1v) is 11.4. The van der Waals surface area contributed by atoms with Gasteiger partial charge in [-0.3, -0.25) is 4.79 Å². The molecule has 0 saturated heterocycles. The summed E-state index contributed by atoms with van der Waals surface area (Å²) in [4.78, 5) is 32.9. The van der Waals surface area contributed by atoms with E-state index in [9.17, 15) is 9.18 Å². The van der Waals surface area contributed by atoms with Gasteiger partial charge in [0.05, 0.1) is 18.5 Å². The predicted molar refractivity (Wildman–Crippen MR) is 137 cm³/mol. The van der Waals surface area contributed by atoms with Gasteiger partial charge in [-0.05, 0) is 43.3 Å². The average molecular weight is 507 g/mol. The van der Waals surface area contributed by atoms with E-state index in [1.165, 1.54) is 26.4 Å². The summed E-state index contributed by atoms with van der Waals surface area (Å²) in [6, 6.07) is 9.29. The minimum absolute atomic E-state index is 0.0138. The number of pyridine rings is 1. The number of rotatable bonds is 10. The molecule has 192 valence electrons. The van der Waals surface area contributed by atoms with Crippen molar-refractivity contribution in [3.8, 4) is 39.8 Å². The molecule has 0 aliphatic heterocycles. The highest BCUT2D eigenvalue weighted by Crippen LogP contribution is 2.34. The molecule has 37 heavy (non-hydrogen) atoms. The number of aromatic amines is 1. The highest BCUT2D eigenvalue weighted by atomic mass is 19.1. The van der Waals surface area contributed by atoms with Gasteiger partial charge in [0.1, 0.15) is 23.9 Å². The number of imidazole rings is 1. The average Bonchev–Trinajstić information content (AvgIpc) is 3.34. The Morgan fingerprint density at radius 2 is 1.92 bits per heavy atom. The summed E-state index contributed by atoms with van der Waals surface area (Å²) in [5, 5.41) is 5.94. The molecular formula is C25H27FN8O3. The van der Waals surface area contributed by atoms with Crippen LogP contribution < -0.4 is 21.1 Å². The highest BCUT2D eigenvalue weighted by Gasteiger charge is 2.19. The summed E-state index contributed by atoms with van der Waals surface area (Å²) in [5.74, 6) is 0.981. The van der Waals surface area contributed by atoms with Crippen LogP contribution >= 0.6 is 0 Å². The van der Waals surface area contributed by atoms with Crippen molar-refractivity contribution in [2.45, 2.75) is 13.0 Å². The number of anilines is 2. The van der Waals surface area contributed by atoms with E-state index in [1.54, 1.807) is 36.7 Å². The number of carbonyl (C=O) groups is 1. The van der Waals surface area contributed by atoms with Gasteiger partial charge in [-0.25, -0.2) is 24.3 Å². The van der Waals surface area contributed by atoms with Crippen LogP contribution in [0.4, 0.5) is 16.2 Å². The Morgan fingerprint density at radius 3 is 2.65 bits per heavy atom. The fraction of sp³-hybridized carbons (Fsp3) is 0.240. The molecule has 0 saturated carbocycles. The molecule has 0 bridgehead atoms. The number of H-pyrrole nitrogens is 1. The van der Waals surface area contributed by atoms with Gasteiger partial charge < -0.3 is 30.8 Å². The summed E-state index contributed by atoms with van der Waals surface area (Å²) >= 11 is 0. The Hall–Kier alpha value is -4.58. The zero-order valence-corrected chi connectivity index (χ0v) is 20.6. The van der Waals surface area contributed by atoms with Crippen molar-refractivity contribution in [2.24, 2.45) is 0 Å². The molecule has 1 aromatic carbocycles. The molecule has 4 rings (SSSR count). The molecule has 0 aliphatic carbocycles. The van der Waals surface area contributed by atoms with Gasteiger partial charge in [0.15, 0.2) is 11.6 Å². The fourth-order valence-electron chi connectivity index (χ4n) is 3.59.